The number of hydrogen-bond donors (Lipinski definition) is 0. The van der Waals surface area contributed by atoms with Gasteiger partial charge in [-0.05, 0) is 43.0 Å². The van der Waals surface area contributed by atoms with Gasteiger partial charge in [0.15, 0.2) is 0 Å². The van der Waals surface area contributed by atoms with E-state index in [1.807, 2.05) is 6.07 Å². The number of fused-ring (bicyclic) bond motifs is 2. The summed E-state index contributed by atoms with van der Waals surface area (Å²) in [5.74, 6) is 0. The maximum Gasteiger partial charge on any atom is 0.0449 e. The molecule has 1 heterocycles. The molecule has 0 saturated heterocycles. The molecule has 1 aromatic carbocycles. The number of allylic oxidation sites excluding steroid dienone is 2. The Balaban J connectivity index is 2.18. The van der Waals surface area contributed by atoms with Crippen LogP contribution in [0.25, 0.3) is 0 Å². The number of nitrogens with zero attached hydrogens (tertiary/aromatic N) is 1. The lowest BCUT2D eigenvalue weighted by molar-refractivity contribution is 0.346. The number of benzene rings is 1. The molecule has 1 fully saturated rings. The van der Waals surface area contributed by atoms with Crippen molar-refractivity contribution in [2.75, 3.05) is 11.9 Å². The van der Waals surface area contributed by atoms with Crippen molar-refractivity contribution in [1.82, 2.24) is 0 Å². The Hall–Kier alpha value is -0.950. The summed E-state index contributed by atoms with van der Waals surface area (Å²) in [4.78, 5) is 2.39. The highest BCUT2D eigenvalue weighted by molar-refractivity contribution is 6.30. The maximum atomic E-state index is 6.26. The molecular formula is C17H22ClN. The third kappa shape index (κ3) is 1.90. The van der Waals surface area contributed by atoms with Crippen LogP contribution in [0.2, 0.25) is 5.02 Å². The minimum Gasteiger partial charge on any atom is -0.347 e. The molecule has 1 aliphatic carbocycles. The van der Waals surface area contributed by atoms with Crippen LogP contribution in [0, 0.1) is 0 Å². The van der Waals surface area contributed by atoms with Crippen LogP contribution in [0.1, 0.15) is 51.0 Å². The molecule has 1 aromatic rings. The highest BCUT2D eigenvalue weighted by Gasteiger charge is 2.46. The minimum absolute atomic E-state index is 0.239. The molecule has 102 valence electrons. The predicted octanol–water partition coefficient (Wildman–Crippen LogP) is 5.29. The Morgan fingerprint density at radius 3 is 2.68 bits per heavy atom. The number of rotatable bonds is 1. The molecule has 1 saturated carbocycles. The van der Waals surface area contributed by atoms with Gasteiger partial charge in [-0.15, -0.1) is 0 Å². The topological polar surface area (TPSA) is 3.24 Å². The molecule has 0 N–H and O–H groups in total. The second-order valence-corrected chi connectivity index (χ2v) is 6.30. The SMILES string of the molecule is CC/C=C1/N(C)c2ccc(Cl)cc2C12CCCCC2. The summed E-state index contributed by atoms with van der Waals surface area (Å²) in [6.45, 7) is 2.23. The van der Waals surface area contributed by atoms with Crippen molar-refractivity contribution in [2.45, 2.75) is 50.9 Å². The molecule has 0 radical (unpaired) electrons. The van der Waals surface area contributed by atoms with E-state index in [0.717, 1.165) is 11.4 Å². The van der Waals surface area contributed by atoms with E-state index in [2.05, 4.69) is 37.1 Å². The average molecular weight is 276 g/mol. The first-order valence-corrected chi connectivity index (χ1v) is 7.81. The third-order valence-corrected chi connectivity index (χ3v) is 5.03. The van der Waals surface area contributed by atoms with Crippen molar-refractivity contribution >= 4 is 17.3 Å². The van der Waals surface area contributed by atoms with Crippen LogP contribution in [0.5, 0.6) is 0 Å². The van der Waals surface area contributed by atoms with Gasteiger partial charge in [0.05, 0.1) is 0 Å². The van der Waals surface area contributed by atoms with E-state index in [-0.39, 0.29) is 5.41 Å². The monoisotopic (exact) mass is 275 g/mol. The molecule has 0 unspecified atom stereocenters. The first-order valence-electron chi connectivity index (χ1n) is 7.43. The lowest BCUT2D eigenvalue weighted by Crippen LogP contribution is -2.31. The van der Waals surface area contributed by atoms with Gasteiger partial charge in [-0.1, -0.05) is 43.9 Å². The fourth-order valence-corrected chi connectivity index (χ4v) is 4.15. The molecule has 1 aliphatic heterocycles. The molecule has 0 aromatic heterocycles. The third-order valence-electron chi connectivity index (χ3n) is 4.79. The van der Waals surface area contributed by atoms with E-state index >= 15 is 0 Å². The number of anilines is 1. The van der Waals surface area contributed by atoms with Crippen LogP contribution < -0.4 is 4.90 Å². The number of halogens is 1. The van der Waals surface area contributed by atoms with Crippen LogP contribution in [0.3, 0.4) is 0 Å². The van der Waals surface area contributed by atoms with Crippen LogP contribution in [0.4, 0.5) is 5.69 Å². The van der Waals surface area contributed by atoms with Crippen molar-refractivity contribution < 1.29 is 0 Å². The van der Waals surface area contributed by atoms with Crippen LogP contribution in [0.15, 0.2) is 30.0 Å². The summed E-state index contributed by atoms with van der Waals surface area (Å²) in [7, 11) is 2.21. The van der Waals surface area contributed by atoms with E-state index in [9.17, 15) is 0 Å². The molecule has 3 rings (SSSR count). The Bertz CT molecular complexity index is 512. The van der Waals surface area contributed by atoms with Crippen LogP contribution in [-0.4, -0.2) is 7.05 Å². The van der Waals surface area contributed by atoms with Gasteiger partial charge in [0.25, 0.3) is 0 Å². The highest BCUT2D eigenvalue weighted by Crippen LogP contribution is 2.55. The van der Waals surface area contributed by atoms with Gasteiger partial charge in [0.1, 0.15) is 0 Å². The van der Waals surface area contributed by atoms with E-state index < -0.39 is 0 Å². The zero-order valence-corrected chi connectivity index (χ0v) is 12.6. The second-order valence-electron chi connectivity index (χ2n) is 5.86. The zero-order chi connectivity index (χ0) is 13.5. The van der Waals surface area contributed by atoms with E-state index in [4.69, 9.17) is 11.6 Å². The maximum absolute atomic E-state index is 6.26. The van der Waals surface area contributed by atoms with Gasteiger partial charge >= 0.3 is 0 Å². The lowest BCUT2D eigenvalue weighted by atomic mass is 9.68. The standard InChI is InChI=1S/C17H22ClN/c1-3-7-16-17(10-5-4-6-11-17)14-12-13(18)8-9-15(14)19(16)2/h7-9,12H,3-6,10-11H2,1-2H3/b16-7+. The summed E-state index contributed by atoms with van der Waals surface area (Å²) in [6, 6.07) is 6.40. The quantitative estimate of drug-likeness (QED) is 0.673. The molecule has 19 heavy (non-hydrogen) atoms. The highest BCUT2D eigenvalue weighted by atomic mass is 35.5. The van der Waals surface area contributed by atoms with Gasteiger partial charge < -0.3 is 4.90 Å². The Morgan fingerprint density at radius 1 is 1.26 bits per heavy atom. The summed E-state index contributed by atoms with van der Waals surface area (Å²) >= 11 is 6.26. The Labute approximate surface area is 121 Å². The molecule has 1 spiro atoms. The normalized spacial score (nSPS) is 23.1. The molecule has 2 heteroatoms. The van der Waals surface area contributed by atoms with Gasteiger partial charge in [0, 0.05) is 28.9 Å². The molecule has 1 nitrogen and oxygen atoms in total. The molecule has 0 bridgehead atoms. The summed E-state index contributed by atoms with van der Waals surface area (Å²) < 4.78 is 0. The first kappa shape index (κ1) is 13.1. The zero-order valence-electron chi connectivity index (χ0n) is 11.9. The molecule has 0 amide bonds. The van der Waals surface area contributed by atoms with Gasteiger partial charge in [-0.3, -0.25) is 0 Å². The number of likely N-dealkylation sites (N-methyl/N-ethyl adjacent to an activating group) is 1. The number of hydrogen-bond acceptors (Lipinski definition) is 1. The van der Waals surface area contributed by atoms with E-state index in [1.165, 1.54) is 49.1 Å². The smallest absolute Gasteiger partial charge is 0.0449 e. The van der Waals surface area contributed by atoms with Crippen molar-refractivity contribution in [3.8, 4) is 0 Å². The summed E-state index contributed by atoms with van der Waals surface area (Å²) in [5.41, 5.74) is 4.56. The minimum atomic E-state index is 0.239. The summed E-state index contributed by atoms with van der Waals surface area (Å²) in [6.07, 6.45) is 10.1. The van der Waals surface area contributed by atoms with E-state index in [0.29, 0.717) is 0 Å². The van der Waals surface area contributed by atoms with Crippen molar-refractivity contribution in [3.05, 3.63) is 40.6 Å². The molecule has 2 aliphatic rings. The predicted molar refractivity (Wildman–Crippen MR) is 83.0 cm³/mol. The van der Waals surface area contributed by atoms with Gasteiger partial charge in [-0.25, -0.2) is 0 Å². The largest absolute Gasteiger partial charge is 0.347 e. The van der Waals surface area contributed by atoms with Crippen LogP contribution >= 0.6 is 11.6 Å². The Kier molecular flexibility index (Phi) is 3.34. The lowest BCUT2D eigenvalue weighted by Gasteiger charge is -2.36. The first-order chi connectivity index (χ1) is 9.19. The Morgan fingerprint density at radius 2 is 2.00 bits per heavy atom. The molecule has 0 atom stereocenters. The fraction of sp³-hybridized carbons (Fsp3) is 0.529. The fourth-order valence-electron chi connectivity index (χ4n) is 3.98. The molecular weight excluding hydrogens is 254 g/mol. The van der Waals surface area contributed by atoms with Gasteiger partial charge in [-0.2, -0.15) is 0 Å². The summed E-state index contributed by atoms with van der Waals surface area (Å²) in [5, 5.41) is 0.870. The van der Waals surface area contributed by atoms with Crippen LogP contribution in [-0.2, 0) is 5.41 Å². The average Bonchev–Trinajstić information content (AvgIpc) is 2.63. The van der Waals surface area contributed by atoms with Crippen molar-refractivity contribution in [2.24, 2.45) is 0 Å². The van der Waals surface area contributed by atoms with Crippen molar-refractivity contribution in [1.29, 1.82) is 0 Å². The van der Waals surface area contributed by atoms with Crippen molar-refractivity contribution in [3.63, 3.8) is 0 Å². The second kappa shape index (κ2) is 4.86. The van der Waals surface area contributed by atoms with E-state index in [1.54, 1.807) is 0 Å². The van der Waals surface area contributed by atoms with Gasteiger partial charge in [0.2, 0.25) is 0 Å².